The van der Waals surface area contributed by atoms with E-state index < -0.39 is 139 Å². The molecular weight excluding hydrogens is 1120 g/mol. The first kappa shape index (κ1) is 71.3. The lowest BCUT2D eigenvalue weighted by molar-refractivity contribution is -0.144. The van der Waals surface area contributed by atoms with Gasteiger partial charge in [0.15, 0.2) is 5.96 Å². The van der Waals surface area contributed by atoms with E-state index in [0.29, 0.717) is 36.1 Å². The van der Waals surface area contributed by atoms with Crippen LogP contribution in [0.1, 0.15) is 76.5 Å². The van der Waals surface area contributed by atoms with Gasteiger partial charge in [0.1, 0.15) is 59.8 Å². The van der Waals surface area contributed by atoms with E-state index in [4.69, 9.17) is 22.9 Å². The van der Waals surface area contributed by atoms with Crippen molar-refractivity contribution in [2.45, 2.75) is 133 Å². The van der Waals surface area contributed by atoms with Crippen molar-refractivity contribution in [1.82, 2.24) is 47.9 Å². The number of carboxylic acids is 1. The van der Waals surface area contributed by atoms with Crippen molar-refractivity contribution in [3.05, 3.63) is 95.6 Å². The highest BCUT2D eigenvalue weighted by atomic mass is 16.4. The Morgan fingerprint density at radius 3 is 1.31 bits per heavy atom. The summed E-state index contributed by atoms with van der Waals surface area (Å²) in [6, 6.07) is 6.65. The number of aliphatic hydroxyl groups is 2. The highest BCUT2D eigenvalue weighted by Crippen LogP contribution is 2.15. The molecule has 3 aromatic carbocycles. The number of aliphatic carboxylic acids is 1. The first-order chi connectivity index (χ1) is 40.8. The predicted molar refractivity (Wildman–Crippen MR) is 314 cm³/mol. The summed E-state index contributed by atoms with van der Waals surface area (Å²) >= 11 is 0. The number of phenolic OH excluding ortho intramolecular Hbond substituents is 2. The van der Waals surface area contributed by atoms with E-state index in [9.17, 15) is 73.5 Å². The number of phenols is 2. The molecule has 29 nitrogen and oxygen atoms in total. The van der Waals surface area contributed by atoms with E-state index >= 15 is 0 Å². The van der Waals surface area contributed by atoms with Gasteiger partial charge < -0.3 is 96.3 Å². The molecular formula is C57H84N14O15. The topological polar surface area (TPSA) is 497 Å². The molecule has 9 amide bonds. The molecule has 0 aliphatic heterocycles. The quantitative estimate of drug-likeness (QED) is 0.0149. The predicted octanol–water partition coefficient (Wildman–Crippen LogP) is -3.99. The molecule has 0 radical (unpaired) electrons. The summed E-state index contributed by atoms with van der Waals surface area (Å²) in [5.41, 5.74) is 24.3. The Kier molecular flexibility index (Phi) is 30.4. The molecule has 0 fully saturated rings. The fraction of sp³-hybridized carbons (Fsp3) is 0.491. The Labute approximate surface area is 498 Å². The molecule has 9 atom stereocenters. The summed E-state index contributed by atoms with van der Waals surface area (Å²) in [6.07, 6.45) is 0.304. The monoisotopic (exact) mass is 1200 g/mol. The third kappa shape index (κ3) is 25.1. The molecule has 0 saturated carbocycles. The van der Waals surface area contributed by atoms with Gasteiger partial charge >= 0.3 is 5.97 Å². The lowest BCUT2D eigenvalue weighted by Gasteiger charge is -2.27. The fourth-order valence-corrected chi connectivity index (χ4v) is 8.37. The SMILES string of the molecule is CC(C)[C@H](N)C(=O)N[C@@H](CCCCN)C(=O)N[C@@H](Cc1ccc(O)cc1)C(=O)N[C@@H](CCCN=C(N)N)C(=O)N[C@@H](Cc1ccc(O)cc1)C(=O)NCC(=O)N[C@@H](CO)C(=O)N[C@@H](Cc1ccccc1)C(=O)N[C@@H](CO)C(=O)N[C@H](C(=O)O)C(C)C. The van der Waals surface area contributed by atoms with Gasteiger partial charge in [0, 0.05) is 25.8 Å². The molecule has 0 aliphatic carbocycles. The zero-order chi connectivity index (χ0) is 64.0. The van der Waals surface area contributed by atoms with Crippen LogP contribution in [0.2, 0.25) is 0 Å². The number of amides is 9. The second-order valence-corrected chi connectivity index (χ2v) is 21.1. The number of guanidine groups is 1. The Bertz CT molecular complexity index is 2750. The minimum atomic E-state index is -1.76. The summed E-state index contributed by atoms with van der Waals surface area (Å²) in [5, 5.41) is 72.2. The van der Waals surface area contributed by atoms with Crippen LogP contribution in [0.5, 0.6) is 11.5 Å². The summed E-state index contributed by atoms with van der Waals surface area (Å²) in [5.74, 6) is -11.0. The van der Waals surface area contributed by atoms with Crippen molar-refractivity contribution in [3.8, 4) is 11.5 Å². The molecule has 3 rings (SSSR count). The lowest BCUT2D eigenvalue weighted by Crippen LogP contribution is -2.60. The van der Waals surface area contributed by atoms with E-state index in [1.807, 2.05) is 0 Å². The van der Waals surface area contributed by atoms with E-state index in [2.05, 4.69) is 52.8 Å². The van der Waals surface area contributed by atoms with Gasteiger partial charge in [0.05, 0.1) is 25.8 Å². The number of aliphatic hydroxyl groups excluding tert-OH is 2. The van der Waals surface area contributed by atoms with Crippen LogP contribution in [0.4, 0.5) is 0 Å². The smallest absolute Gasteiger partial charge is 0.326 e. The third-order valence-electron chi connectivity index (χ3n) is 13.4. The fourth-order valence-electron chi connectivity index (χ4n) is 8.37. The van der Waals surface area contributed by atoms with Gasteiger partial charge in [-0.15, -0.1) is 0 Å². The van der Waals surface area contributed by atoms with E-state index in [-0.39, 0.29) is 68.4 Å². The van der Waals surface area contributed by atoms with Crippen molar-refractivity contribution >= 4 is 65.1 Å². The highest BCUT2D eigenvalue weighted by molar-refractivity contribution is 5.98. The van der Waals surface area contributed by atoms with Crippen molar-refractivity contribution in [2.24, 2.45) is 39.8 Å². The molecule has 3 aromatic rings. The van der Waals surface area contributed by atoms with Gasteiger partial charge in [0.2, 0.25) is 53.2 Å². The number of carbonyl (C=O) groups excluding carboxylic acids is 9. The van der Waals surface area contributed by atoms with Crippen molar-refractivity contribution in [3.63, 3.8) is 0 Å². The zero-order valence-corrected chi connectivity index (χ0v) is 48.6. The highest BCUT2D eigenvalue weighted by Gasteiger charge is 2.35. The number of nitrogens with two attached hydrogens (primary N) is 4. The average molecular weight is 1210 g/mol. The Balaban J connectivity index is 1.91. The number of rotatable bonds is 37. The molecule has 0 saturated heterocycles. The van der Waals surface area contributed by atoms with Crippen LogP contribution in [0.3, 0.4) is 0 Å². The van der Waals surface area contributed by atoms with Crippen molar-refractivity contribution in [1.29, 1.82) is 0 Å². The molecule has 0 unspecified atom stereocenters. The molecule has 0 aliphatic rings. The third-order valence-corrected chi connectivity index (χ3v) is 13.4. The van der Waals surface area contributed by atoms with E-state index in [0.717, 1.165) is 0 Å². The van der Waals surface area contributed by atoms with Crippen molar-refractivity contribution < 1.29 is 73.5 Å². The summed E-state index contributed by atoms with van der Waals surface area (Å²) in [7, 11) is 0. The number of carboxylic acid groups (broad SMARTS) is 1. The molecule has 29 heteroatoms. The zero-order valence-electron chi connectivity index (χ0n) is 48.6. The molecule has 22 N–H and O–H groups in total. The van der Waals surface area contributed by atoms with E-state index in [1.165, 1.54) is 62.4 Å². The normalized spacial score (nSPS) is 14.2. The minimum absolute atomic E-state index is 0.0172. The maximum Gasteiger partial charge on any atom is 0.326 e. The van der Waals surface area contributed by atoms with Gasteiger partial charge in [-0.3, -0.25) is 48.1 Å². The van der Waals surface area contributed by atoms with E-state index in [1.54, 1.807) is 44.2 Å². The number of carbonyl (C=O) groups is 10. The van der Waals surface area contributed by atoms with Crippen LogP contribution >= 0.6 is 0 Å². The van der Waals surface area contributed by atoms with Gasteiger partial charge in [-0.2, -0.15) is 0 Å². The number of nitrogens with zero attached hydrogens (tertiary/aromatic N) is 1. The number of hydrogen-bond donors (Lipinski definition) is 18. The molecule has 0 bridgehead atoms. The Morgan fingerprint density at radius 2 is 0.872 bits per heavy atom. The Morgan fingerprint density at radius 1 is 0.477 bits per heavy atom. The first-order valence-corrected chi connectivity index (χ1v) is 28.0. The van der Waals surface area contributed by atoms with Gasteiger partial charge in [-0.05, 0) is 91.4 Å². The maximum atomic E-state index is 14.5. The van der Waals surface area contributed by atoms with Crippen LogP contribution in [0, 0.1) is 11.8 Å². The van der Waals surface area contributed by atoms with Crippen LogP contribution in [0.25, 0.3) is 0 Å². The molecule has 0 heterocycles. The number of benzene rings is 3. The number of nitrogens with one attached hydrogen (secondary N) is 9. The standard InChI is InChI=1S/C57H84N14O15/c1-31(2)46(59)55(84)66-38(13-8-9-23-58)49(78)68-42(27-35-17-21-37(75)22-18-35)51(80)65-39(14-10-24-62-57(60)61)50(79)67-40(26-34-15-19-36(74)20-16-34)48(77)63-28-45(76)64-43(29-72)53(82)69-41(25-33-11-6-5-7-12-33)52(81)70-44(30-73)54(83)71-47(32(3)4)56(85)86/h5-7,11-12,15-22,31-32,38-44,46-47,72-75H,8-10,13-14,23-30,58-59H2,1-4H3,(H,63,77)(H,64,76)(H,65,80)(H,66,84)(H,67,79)(H,68,78)(H,69,82)(H,70,81)(H,71,83)(H,85,86)(H4,60,61,62)/t38-,39-,40-,41-,42-,43-,44-,46-,47-/m0/s1. The molecule has 86 heavy (non-hydrogen) atoms. The second-order valence-electron chi connectivity index (χ2n) is 21.1. The summed E-state index contributed by atoms with van der Waals surface area (Å²) in [6.45, 7) is 3.94. The van der Waals surface area contributed by atoms with Crippen LogP contribution in [0.15, 0.2) is 83.9 Å². The van der Waals surface area contributed by atoms with Crippen LogP contribution in [-0.4, -0.2) is 178 Å². The Hall–Kier alpha value is -8.93. The molecule has 0 spiro atoms. The second kappa shape index (κ2) is 36.7. The first-order valence-electron chi connectivity index (χ1n) is 28.0. The minimum Gasteiger partial charge on any atom is -0.508 e. The lowest BCUT2D eigenvalue weighted by atomic mass is 10.0. The van der Waals surface area contributed by atoms with Gasteiger partial charge in [0.25, 0.3) is 0 Å². The van der Waals surface area contributed by atoms with Crippen molar-refractivity contribution in [2.75, 3.05) is 32.8 Å². The molecule has 472 valence electrons. The summed E-state index contributed by atoms with van der Waals surface area (Å²) in [4.78, 5) is 140. The van der Waals surface area contributed by atoms with Gasteiger partial charge in [-0.1, -0.05) is 82.3 Å². The van der Waals surface area contributed by atoms with Gasteiger partial charge in [-0.25, -0.2) is 4.79 Å². The number of aromatic hydroxyl groups is 2. The van der Waals surface area contributed by atoms with Crippen LogP contribution in [-0.2, 0) is 67.2 Å². The number of aliphatic imine (C=N–C) groups is 1. The number of unbranched alkanes of at least 4 members (excludes halogenated alkanes) is 1. The molecule has 0 aromatic heterocycles. The summed E-state index contributed by atoms with van der Waals surface area (Å²) < 4.78 is 0. The largest absolute Gasteiger partial charge is 0.508 e. The maximum absolute atomic E-state index is 14.5. The number of hydrogen-bond acceptors (Lipinski definition) is 17. The van der Waals surface area contributed by atoms with Crippen LogP contribution < -0.4 is 70.8 Å². The average Bonchev–Trinajstić information content (AvgIpc) is 3.69.